The average molecular weight is 235 g/mol. The van der Waals surface area contributed by atoms with E-state index >= 15 is 0 Å². The second kappa shape index (κ2) is 6.71. The molecule has 0 aromatic heterocycles. The minimum absolute atomic E-state index is 0. The SMILES string of the molecule is COc1cccc(N=C(C)[O-])c1S(=O)O.[Li+]. The van der Waals surface area contributed by atoms with E-state index in [4.69, 9.17) is 9.29 Å². The Kier molecular flexibility index (Phi) is 6.37. The molecule has 1 N–H and O–H groups in total. The topological polar surface area (TPSA) is 82.0 Å². The van der Waals surface area contributed by atoms with Crippen LogP contribution in [0.2, 0.25) is 0 Å². The van der Waals surface area contributed by atoms with Crippen molar-refractivity contribution in [3.05, 3.63) is 18.2 Å². The van der Waals surface area contributed by atoms with Gasteiger partial charge in [-0.15, -0.1) is 0 Å². The molecular weight excluding hydrogens is 225 g/mol. The zero-order valence-corrected chi connectivity index (χ0v) is 10.1. The summed E-state index contributed by atoms with van der Waals surface area (Å²) in [6.45, 7) is 1.27. The van der Waals surface area contributed by atoms with E-state index in [2.05, 4.69) is 4.99 Å². The maximum atomic E-state index is 11.0. The number of nitrogens with zero attached hydrogens (tertiary/aromatic N) is 1. The van der Waals surface area contributed by atoms with Crippen LogP contribution in [0.1, 0.15) is 6.92 Å². The maximum Gasteiger partial charge on any atom is 1.00 e. The smallest absolute Gasteiger partial charge is 0.862 e. The summed E-state index contributed by atoms with van der Waals surface area (Å²) in [6, 6.07) is 4.60. The molecule has 0 spiro atoms. The fourth-order valence-electron chi connectivity index (χ4n) is 1.10. The molecule has 0 saturated heterocycles. The summed E-state index contributed by atoms with van der Waals surface area (Å²) in [5.41, 5.74) is 0.155. The van der Waals surface area contributed by atoms with Gasteiger partial charge in [-0.1, -0.05) is 6.07 Å². The number of methoxy groups -OCH3 is 1. The number of hydrogen-bond acceptors (Lipinski definition) is 4. The largest absolute Gasteiger partial charge is 1.00 e. The molecule has 1 unspecified atom stereocenters. The van der Waals surface area contributed by atoms with Gasteiger partial charge >= 0.3 is 18.9 Å². The number of ether oxygens (including phenoxy) is 1. The molecule has 16 heavy (non-hydrogen) atoms. The van der Waals surface area contributed by atoms with E-state index in [-0.39, 0.29) is 35.2 Å². The standard InChI is InChI=1S/C9H11NO4S.Li/c1-6(11)10-7-4-3-5-8(14-2)9(7)15(12)13;/h3-5H,1-2H3,(H,10,11)(H,12,13);/q;+1/p-1. The van der Waals surface area contributed by atoms with Crippen LogP contribution in [0, 0.1) is 0 Å². The normalized spacial score (nSPS) is 12.8. The summed E-state index contributed by atoms with van der Waals surface area (Å²) in [4.78, 5) is 3.63. The fraction of sp³-hybridized carbons (Fsp3) is 0.222. The summed E-state index contributed by atoms with van der Waals surface area (Å²) >= 11 is -2.24. The number of hydrogen-bond donors (Lipinski definition) is 1. The Morgan fingerprint density at radius 1 is 1.56 bits per heavy atom. The molecule has 0 bridgehead atoms. The van der Waals surface area contributed by atoms with Crippen LogP contribution in [0.4, 0.5) is 5.69 Å². The van der Waals surface area contributed by atoms with Gasteiger partial charge in [-0.3, -0.25) is 4.99 Å². The minimum atomic E-state index is -2.24. The quantitative estimate of drug-likeness (QED) is 0.276. The molecule has 0 saturated carbocycles. The summed E-state index contributed by atoms with van der Waals surface area (Å²) in [6.07, 6.45) is 0. The van der Waals surface area contributed by atoms with Crippen LogP contribution in [-0.2, 0) is 11.1 Å². The second-order valence-corrected chi connectivity index (χ2v) is 3.60. The van der Waals surface area contributed by atoms with Crippen LogP contribution in [0.3, 0.4) is 0 Å². The van der Waals surface area contributed by atoms with Gasteiger partial charge in [-0.25, -0.2) is 4.21 Å². The molecule has 0 aliphatic heterocycles. The van der Waals surface area contributed by atoms with Gasteiger partial charge in [-0.05, 0) is 25.0 Å². The Balaban J connectivity index is 0.00000225. The Labute approximate surface area is 108 Å². The Morgan fingerprint density at radius 3 is 2.62 bits per heavy atom. The van der Waals surface area contributed by atoms with Crippen LogP contribution in [0.5, 0.6) is 5.75 Å². The Morgan fingerprint density at radius 2 is 2.19 bits per heavy atom. The van der Waals surface area contributed by atoms with Gasteiger partial charge < -0.3 is 14.4 Å². The van der Waals surface area contributed by atoms with Crippen molar-refractivity contribution in [3.63, 3.8) is 0 Å². The van der Waals surface area contributed by atoms with Gasteiger partial charge in [0.25, 0.3) is 0 Å². The van der Waals surface area contributed by atoms with E-state index in [0.717, 1.165) is 0 Å². The van der Waals surface area contributed by atoms with Gasteiger partial charge in [0.15, 0.2) is 11.1 Å². The zero-order valence-electron chi connectivity index (χ0n) is 9.26. The van der Waals surface area contributed by atoms with E-state index in [1.807, 2.05) is 0 Å². The Hall–Kier alpha value is -0.803. The molecule has 1 rings (SSSR count). The van der Waals surface area contributed by atoms with Crippen molar-refractivity contribution in [2.45, 2.75) is 11.8 Å². The molecule has 0 fully saturated rings. The molecule has 82 valence electrons. The van der Waals surface area contributed by atoms with Crippen LogP contribution < -0.4 is 28.7 Å². The van der Waals surface area contributed by atoms with Crippen molar-refractivity contribution in [1.82, 2.24) is 0 Å². The van der Waals surface area contributed by atoms with Gasteiger partial charge in [0.05, 0.1) is 12.8 Å². The third kappa shape index (κ3) is 3.65. The third-order valence-corrected chi connectivity index (χ3v) is 2.39. The monoisotopic (exact) mass is 235 g/mol. The minimum Gasteiger partial charge on any atom is -0.862 e. The number of aliphatic imine (C=N–C) groups is 1. The van der Waals surface area contributed by atoms with Crippen LogP contribution >= 0.6 is 0 Å². The molecule has 0 radical (unpaired) electrons. The fourth-order valence-corrected chi connectivity index (χ4v) is 1.71. The van der Waals surface area contributed by atoms with Gasteiger partial charge in [0, 0.05) is 0 Å². The molecule has 7 heteroatoms. The van der Waals surface area contributed by atoms with Crippen LogP contribution in [0.25, 0.3) is 0 Å². The van der Waals surface area contributed by atoms with E-state index in [9.17, 15) is 9.32 Å². The first-order chi connectivity index (χ1) is 7.06. The van der Waals surface area contributed by atoms with Crippen molar-refractivity contribution in [2.24, 2.45) is 4.99 Å². The first kappa shape index (κ1) is 15.2. The summed E-state index contributed by atoms with van der Waals surface area (Å²) in [5, 5.41) is 10.8. The van der Waals surface area contributed by atoms with E-state index in [1.54, 1.807) is 6.07 Å². The molecule has 5 nitrogen and oxygen atoms in total. The van der Waals surface area contributed by atoms with Crippen molar-refractivity contribution in [1.29, 1.82) is 0 Å². The van der Waals surface area contributed by atoms with E-state index < -0.39 is 17.0 Å². The maximum absolute atomic E-state index is 11.0. The van der Waals surface area contributed by atoms with Crippen molar-refractivity contribution in [2.75, 3.05) is 7.11 Å². The number of rotatable bonds is 3. The molecule has 0 aliphatic rings. The second-order valence-electron chi connectivity index (χ2n) is 2.69. The summed E-state index contributed by atoms with van der Waals surface area (Å²) < 4.78 is 25.0. The molecule has 0 amide bonds. The molecule has 1 aromatic carbocycles. The summed E-state index contributed by atoms with van der Waals surface area (Å²) in [5.74, 6) is -0.201. The van der Waals surface area contributed by atoms with Crippen molar-refractivity contribution < 1.29 is 37.5 Å². The zero-order chi connectivity index (χ0) is 11.4. The van der Waals surface area contributed by atoms with Gasteiger partial charge in [0.2, 0.25) is 0 Å². The first-order valence-electron chi connectivity index (χ1n) is 4.06. The third-order valence-electron chi connectivity index (χ3n) is 1.63. The van der Waals surface area contributed by atoms with Crippen molar-refractivity contribution >= 4 is 22.7 Å². The molecule has 0 heterocycles. The van der Waals surface area contributed by atoms with Crippen LogP contribution in [-0.4, -0.2) is 21.8 Å². The predicted octanol–water partition coefficient (Wildman–Crippen LogP) is -2.31. The molecule has 1 atom stereocenters. The summed E-state index contributed by atoms with van der Waals surface area (Å²) in [7, 11) is 1.38. The van der Waals surface area contributed by atoms with Crippen LogP contribution in [0.15, 0.2) is 28.1 Å². The average Bonchev–Trinajstić information content (AvgIpc) is 2.15. The first-order valence-corrected chi connectivity index (χ1v) is 5.17. The molecular formula is C9H10LiNO4S. The van der Waals surface area contributed by atoms with Crippen molar-refractivity contribution in [3.8, 4) is 5.75 Å². The van der Waals surface area contributed by atoms with E-state index in [1.165, 1.54) is 26.2 Å². The van der Waals surface area contributed by atoms with Gasteiger partial charge in [0.1, 0.15) is 10.6 Å². The Bertz CT molecular complexity index is 418. The molecule has 0 aliphatic carbocycles. The molecule has 1 aromatic rings. The number of benzene rings is 1. The van der Waals surface area contributed by atoms with E-state index in [0.29, 0.717) is 0 Å². The van der Waals surface area contributed by atoms with Gasteiger partial charge in [-0.2, -0.15) is 0 Å². The predicted molar refractivity (Wildman–Crippen MR) is 54.8 cm³/mol.